The maximum atomic E-state index is 16.1. The first-order chi connectivity index (χ1) is 18.3. The van der Waals surface area contributed by atoms with E-state index in [1.807, 2.05) is 32.9 Å². The fourth-order valence-corrected chi connectivity index (χ4v) is 5.79. The van der Waals surface area contributed by atoms with Gasteiger partial charge in [0.05, 0.1) is 39.2 Å². The number of thiophene rings is 1. The van der Waals surface area contributed by atoms with Crippen LogP contribution in [-0.4, -0.2) is 45.6 Å². The molecule has 11 heteroatoms. The minimum absolute atomic E-state index is 0.0953. The van der Waals surface area contributed by atoms with E-state index >= 15 is 4.39 Å². The Bertz CT molecular complexity index is 2090. The summed E-state index contributed by atoms with van der Waals surface area (Å²) in [6.07, 6.45) is 6.69. The summed E-state index contributed by atoms with van der Waals surface area (Å²) in [7, 11) is 0. The molecule has 2 aliphatic heterocycles. The number of pyridine rings is 3. The highest BCUT2D eigenvalue weighted by molar-refractivity contribution is 7.24. The zero-order valence-electron chi connectivity index (χ0n) is 20.7. The first-order valence-corrected chi connectivity index (χ1v) is 12.8. The largest absolute Gasteiger partial charge is 0.298 e. The van der Waals surface area contributed by atoms with E-state index in [1.165, 1.54) is 11.3 Å². The van der Waals surface area contributed by atoms with Gasteiger partial charge in [-0.3, -0.25) is 34.5 Å². The number of fused-ring (bicyclic) bond motifs is 9. The Balaban J connectivity index is 1.71. The predicted molar refractivity (Wildman–Crippen MR) is 146 cm³/mol. The Labute approximate surface area is 218 Å². The van der Waals surface area contributed by atoms with Gasteiger partial charge in [-0.2, -0.15) is 0 Å². The average Bonchev–Trinajstić information content (AvgIpc) is 3.61. The molecule has 9 nitrogen and oxygen atoms in total. The number of carbonyl (C=O) groups excluding carboxylic acids is 1. The third-order valence-corrected chi connectivity index (χ3v) is 7.47. The molecule has 0 radical (unpaired) electrons. The molecule has 0 spiro atoms. The topological polar surface area (TPSA) is 118 Å². The third-order valence-electron chi connectivity index (χ3n) is 6.39. The van der Waals surface area contributed by atoms with Crippen molar-refractivity contribution in [3.63, 3.8) is 0 Å². The molecule has 38 heavy (non-hydrogen) atoms. The van der Waals surface area contributed by atoms with E-state index in [9.17, 15) is 4.79 Å². The van der Waals surface area contributed by atoms with Crippen molar-refractivity contribution in [3.8, 4) is 11.3 Å². The Hall–Kier alpha value is -4.51. The van der Waals surface area contributed by atoms with Crippen LogP contribution >= 0.6 is 11.3 Å². The molecule has 7 heterocycles. The van der Waals surface area contributed by atoms with Gasteiger partial charge in [0.15, 0.2) is 11.5 Å². The minimum Gasteiger partial charge on any atom is -0.298 e. The number of nitrogens with zero attached hydrogens (tertiary/aromatic N) is 6. The van der Waals surface area contributed by atoms with Crippen molar-refractivity contribution >= 4 is 70.9 Å². The summed E-state index contributed by atoms with van der Waals surface area (Å²) in [6.45, 7) is 6.05. The zero-order valence-corrected chi connectivity index (χ0v) is 21.5. The average molecular weight is 525 g/mol. The van der Waals surface area contributed by atoms with Gasteiger partial charge in [0.2, 0.25) is 5.91 Å². The molecule has 0 aromatic carbocycles. The Morgan fingerprint density at radius 2 is 1.89 bits per heavy atom. The lowest BCUT2D eigenvalue weighted by atomic mass is 9.92. The maximum Gasteiger partial charge on any atom is 0.232 e. The van der Waals surface area contributed by atoms with E-state index in [0.29, 0.717) is 61.1 Å². The van der Waals surface area contributed by atoms with E-state index in [2.05, 4.69) is 30.1 Å². The van der Waals surface area contributed by atoms with E-state index in [4.69, 9.17) is 4.98 Å². The monoisotopic (exact) mass is 524 g/mol. The number of H-pyrrole nitrogens is 2. The van der Waals surface area contributed by atoms with Crippen LogP contribution in [0.2, 0.25) is 0 Å². The number of rotatable bonds is 1. The van der Waals surface area contributed by atoms with Crippen molar-refractivity contribution in [1.29, 1.82) is 0 Å². The molecule has 5 aromatic rings. The van der Waals surface area contributed by atoms with Crippen molar-refractivity contribution in [3.05, 3.63) is 54.9 Å². The number of nitrogens with one attached hydrogen (secondary N) is 2. The van der Waals surface area contributed by atoms with Gasteiger partial charge in [-0.1, -0.05) is 20.8 Å². The van der Waals surface area contributed by atoms with Crippen LogP contribution in [0.1, 0.15) is 32.0 Å². The van der Waals surface area contributed by atoms with Gasteiger partial charge >= 0.3 is 0 Å². The number of carbonyl (C=O) groups is 1. The minimum atomic E-state index is -0.540. The molecule has 0 amide bonds. The number of hydrogen-bond donors (Lipinski definition) is 2. The molecule has 2 aliphatic rings. The van der Waals surface area contributed by atoms with Crippen molar-refractivity contribution in [2.24, 2.45) is 5.41 Å². The summed E-state index contributed by atoms with van der Waals surface area (Å²) < 4.78 is 18.6. The number of aromatic amines is 2. The van der Waals surface area contributed by atoms with Crippen LogP contribution in [0, 0.1) is 11.2 Å². The number of hydrogen-bond acceptors (Lipinski definition) is 7. The summed E-state index contributed by atoms with van der Waals surface area (Å²) in [6, 6.07) is 7.34. The van der Waals surface area contributed by atoms with Gasteiger partial charge in [0, 0.05) is 24.2 Å². The number of aromatic nitrogens is 8. The number of imidazole rings is 1. The lowest BCUT2D eigenvalue weighted by molar-refractivity contribution is 0.0867. The van der Waals surface area contributed by atoms with Crippen LogP contribution in [0.25, 0.3) is 64.9 Å². The lowest BCUT2D eigenvalue weighted by Crippen LogP contribution is -2.19. The molecular formula is C27H21FN8OS. The first-order valence-electron chi connectivity index (χ1n) is 12.0. The second-order valence-electron chi connectivity index (χ2n) is 10.4. The van der Waals surface area contributed by atoms with E-state index in [-0.39, 0.29) is 16.8 Å². The van der Waals surface area contributed by atoms with Crippen molar-refractivity contribution in [2.45, 2.75) is 27.2 Å². The lowest BCUT2D eigenvalue weighted by Gasteiger charge is -2.18. The van der Waals surface area contributed by atoms with Gasteiger partial charge in [0.1, 0.15) is 27.1 Å². The van der Waals surface area contributed by atoms with Gasteiger partial charge < -0.3 is 0 Å². The normalized spacial score (nSPS) is 12.4. The molecular weight excluding hydrogens is 503 g/mol. The highest BCUT2D eigenvalue weighted by Gasteiger charge is 2.22. The molecule has 8 bridgehead atoms. The molecule has 0 unspecified atom stereocenters. The molecule has 188 valence electrons. The quantitative estimate of drug-likeness (QED) is 0.257. The fourth-order valence-electron chi connectivity index (χ4n) is 4.75. The van der Waals surface area contributed by atoms with Crippen LogP contribution in [0.5, 0.6) is 0 Å². The summed E-state index contributed by atoms with van der Waals surface area (Å²) in [5, 5.41) is 6.43. The third kappa shape index (κ3) is 3.50. The SMILES string of the molecule is CC(C)(C)CC(=O)n1c2cncc(c2)c2ncc3[nH][nH]c(c4nc5ccnc(c6ccc1s6)c5n4)-c3c2F. The Morgan fingerprint density at radius 1 is 1.03 bits per heavy atom. The summed E-state index contributed by atoms with van der Waals surface area (Å²) >= 11 is 1.43. The first kappa shape index (κ1) is 22.7. The van der Waals surface area contributed by atoms with Crippen LogP contribution < -0.4 is 0 Å². The summed E-state index contributed by atoms with van der Waals surface area (Å²) in [5.74, 6) is -0.636. The van der Waals surface area contributed by atoms with Gasteiger partial charge in [-0.05, 0) is 29.7 Å². The predicted octanol–water partition coefficient (Wildman–Crippen LogP) is 6.39. The standard InChI is InChI=1S/C27H21FN8OS/c1-27(2,3)9-18(37)36-14-8-13(10-29-11-14)22-21(28)20-16(12-31-22)34-35-25(20)26-32-15-6-7-30-24(23(15)33-26)17-4-5-19(36)38-17/h4-8,10-12,34-35H,9H2,1-3H3. The molecule has 0 saturated heterocycles. The molecule has 0 fully saturated rings. The smallest absolute Gasteiger partial charge is 0.232 e. The van der Waals surface area contributed by atoms with Gasteiger partial charge in [-0.25, -0.2) is 14.4 Å². The Kier molecular flexibility index (Phi) is 4.77. The van der Waals surface area contributed by atoms with Crippen LogP contribution in [0.3, 0.4) is 0 Å². The zero-order chi connectivity index (χ0) is 26.2. The van der Waals surface area contributed by atoms with E-state index in [0.717, 1.165) is 4.70 Å². The van der Waals surface area contributed by atoms with Gasteiger partial charge in [0.25, 0.3) is 0 Å². The molecule has 0 atom stereocenters. The fraction of sp³-hybridized carbons (Fsp3) is 0.185. The van der Waals surface area contributed by atoms with Crippen LogP contribution in [0.4, 0.5) is 4.39 Å². The van der Waals surface area contributed by atoms with Crippen molar-refractivity contribution < 1.29 is 9.18 Å². The second kappa shape index (κ2) is 7.99. The molecule has 0 aliphatic carbocycles. The summed E-state index contributed by atoms with van der Waals surface area (Å²) in [5.41, 5.74) is 3.81. The Morgan fingerprint density at radius 3 is 2.74 bits per heavy atom. The molecule has 0 saturated carbocycles. The molecule has 5 aromatic heterocycles. The van der Waals surface area contributed by atoms with E-state index in [1.54, 1.807) is 41.5 Å². The molecule has 7 rings (SSSR count). The van der Waals surface area contributed by atoms with Crippen molar-refractivity contribution in [1.82, 2.24) is 39.7 Å². The highest BCUT2D eigenvalue weighted by atomic mass is 32.1. The van der Waals surface area contributed by atoms with E-state index < -0.39 is 5.82 Å². The maximum absolute atomic E-state index is 16.1. The van der Waals surface area contributed by atoms with Crippen LogP contribution in [0.15, 0.2) is 49.1 Å². The second-order valence-corrected chi connectivity index (χ2v) is 11.5. The van der Waals surface area contributed by atoms with Crippen molar-refractivity contribution in [2.75, 3.05) is 0 Å². The van der Waals surface area contributed by atoms with Gasteiger partial charge in [-0.15, -0.1) is 11.3 Å². The van der Waals surface area contributed by atoms with Crippen LogP contribution in [-0.2, 0) is 0 Å². The molecule has 2 N–H and O–H groups in total. The summed E-state index contributed by atoms with van der Waals surface area (Å²) in [4.78, 5) is 37.2. The highest BCUT2D eigenvalue weighted by Crippen LogP contribution is 2.34. The number of halogens is 1.